The lowest BCUT2D eigenvalue weighted by Crippen LogP contribution is -2.01. The van der Waals surface area contributed by atoms with Crippen molar-refractivity contribution in [2.24, 2.45) is 5.10 Å². The molecule has 122 valence electrons. The number of rotatable bonds is 5. The van der Waals surface area contributed by atoms with Crippen LogP contribution in [0.25, 0.3) is 0 Å². The first-order chi connectivity index (χ1) is 11.6. The minimum atomic E-state index is -0.287. The summed E-state index contributed by atoms with van der Waals surface area (Å²) in [7, 11) is 0. The minimum Gasteiger partial charge on any atom is -0.488 e. The molecule has 6 heteroatoms. The Morgan fingerprint density at radius 1 is 1.21 bits per heavy atom. The molecule has 0 bridgehead atoms. The van der Waals surface area contributed by atoms with Crippen LogP contribution >= 0.6 is 0 Å². The van der Waals surface area contributed by atoms with Crippen molar-refractivity contribution < 1.29 is 9.13 Å². The molecule has 24 heavy (non-hydrogen) atoms. The number of para-hydroxylation sites is 1. The first-order valence-electron chi connectivity index (χ1n) is 7.44. The molecule has 1 aromatic heterocycles. The van der Waals surface area contributed by atoms with Crippen LogP contribution in [-0.4, -0.2) is 15.9 Å². The van der Waals surface area contributed by atoms with E-state index in [0.717, 1.165) is 11.3 Å². The van der Waals surface area contributed by atoms with Gasteiger partial charge in [-0.1, -0.05) is 30.3 Å². The van der Waals surface area contributed by atoms with Crippen LogP contribution in [0.5, 0.6) is 5.75 Å². The molecule has 5 nitrogen and oxygen atoms in total. The maximum Gasteiger partial charge on any atom is 0.221 e. The second kappa shape index (κ2) is 6.95. The third-order valence-electron chi connectivity index (χ3n) is 3.42. The van der Waals surface area contributed by atoms with Gasteiger partial charge in [-0.15, -0.1) is 0 Å². The summed E-state index contributed by atoms with van der Waals surface area (Å²) in [6.45, 7) is 1.98. The fourth-order valence-corrected chi connectivity index (χ4v) is 2.21. The Bertz CT molecular complexity index is 873. The average molecular weight is 324 g/mol. The van der Waals surface area contributed by atoms with Crippen molar-refractivity contribution in [3.8, 4) is 5.75 Å². The van der Waals surface area contributed by atoms with E-state index in [4.69, 9.17) is 10.5 Å². The van der Waals surface area contributed by atoms with Crippen LogP contribution < -0.4 is 10.5 Å². The number of benzene rings is 2. The van der Waals surface area contributed by atoms with E-state index in [9.17, 15) is 4.39 Å². The van der Waals surface area contributed by atoms with Crippen LogP contribution in [0.2, 0.25) is 0 Å². The summed E-state index contributed by atoms with van der Waals surface area (Å²) in [5.74, 6) is 0.638. The minimum absolute atomic E-state index is 0.143. The number of halogens is 1. The Morgan fingerprint density at radius 2 is 1.96 bits per heavy atom. The van der Waals surface area contributed by atoms with Gasteiger partial charge in [-0.2, -0.15) is 5.10 Å². The van der Waals surface area contributed by atoms with Gasteiger partial charge in [0.1, 0.15) is 18.2 Å². The topological polar surface area (TPSA) is 65.4 Å². The van der Waals surface area contributed by atoms with E-state index >= 15 is 0 Å². The van der Waals surface area contributed by atoms with Gasteiger partial charge in [0, 0.05) is 11.1 Å². The van der Waals surface area contributed by atoms with Crippen LogP contribution in [0.3, 0.4) is 0 Å². The molecule has 0 atom stereocenters. The van der Waals surface area contributed by atoms with Crippen molar-refractivity contribution in [3.63, 3.8) is 0 Å². The van der Waals surface area contributed by atoms with E-state index < -0.39 is 0 Å². The summed E-state index contributed by atoms with van der Waals surface area (Å²) >= 11 is 0. The second-order valence-corrected chi connectivity index (χ2v) is 5.25. The molecule has 0 aliphatic carbocycles. The van der Waals surface area contributed by atoms with Crippen molar-refractivity contribution in [2.75, 3.05) is 5.73 Å². The predicted molar refractivity (Wildman–Crippen MR) is 91.5 cm³/mol. The van der Waals surface area contributed by atoms with Gasteiger partial charge in [-0.3, -0.25) is 0 Å². The molecule has 3 rings (SSSR count). The first-order valence-corrected chi connectivity index (χ1v) is 7.44. The summed E-state index contributed by atoms with van der Waals surface area (Å²) in [6, 6.07) is 13.9. The first kappa shape index (κ1) is 15.7. The third-order valence-corrected chi connectivity index (χ3v) is 3.42. The van der Waals surface area contributed by atoms with Crippen LogP contribution in [0.15, 0.2) is 59.8 Å². The number of ether oxygens (including phenoxy) is 1. The maximum atomic E-state index is 13.7. The molecule has 0 aliphatic heterocycles. The Labute approximate surface area is 139 Å². The molecule has 2 N–H and O–H groups in total. The number of hydrogen-bond donors (Lipinski definition) is 1. The van der Waals surface area contributed by atoms with Gasteiger partial charge < -0.3 is 10.5 Å². The summed E-state index contributed by atoms with van der Waals surface area (Å²) in [5.41, 5.74) is 7.81. The SMILES string of the molecule is Cc1cn(N=Cc2ccccc2OCc2ccccc2F)c(N)n1. The van der Waals surface area contributed by atoms with Crippen molar-refractivity contribution in [1.82, 2.24) is 9.66 Å². The number of nitrogens with zero attached hydrogens (tertiary/aromatic N) is 3. The smallest absolute Gasteiger partial charge is 0.221 e. The monoisotopic (exact) mass is 324 g/mol. The molecule has 0 spiro atoms. The number of hydrogen-bond acceptors (Lipinski definition) is 4. The van der Waals surface area contributed by atoms with Crippen molar-refractivity contribution in [1.29, 1.82) is 0 Å². The molecule has 0 radical (unpaired) electrons. The normalized spacial score (nSPS) is 11.1. The van der Waals surface area contributed by atoms with Crippen molar-refractivity contribution in [2.45, 2.75) is 13.5 Å². The highest BCUT2D eigenvalue weighted by molar-refractivity contribution is 5.83. The van der Waals surface area contributed by atoms with E-state index in [-0.39, 0.29) is 12.4 Å². The zero-order chi connectivity index (χ0) is 16.9. The Balaban J connectivity index is 1.78. The zero-order valence-corrected chi connectivity index (χ0v) is 13.2. The predicted octanol–water partition coefficient (Wildman–Crippen LogP) is 3.37. The number of nitrogen functional groups attached to an aromatic ring is 1. The van der Waals surface area contributed by atoms with E-state index in [1.807, 2.05) is 31.2 Å². The number of anilines is 1. The lowest BCUT2D eigenvalue weighted by atomic mass is 10.2. The molecule has 0 saturated carbocycles. The molecule has 0 fully saturated rings. The Morgan fingerprint density at radius 3 is 2.71 bits per heavy atom. The van der Waals surface area contributed by atoms with Crippen LogP contribution in [-0.2, 0) is 6.61 Å². The van der Waals surface area contributed by atoms with Crippen molar-refractivity contribution >= 4 is 12.2 Å². The summed E-state index contributed by atoms with van der Waals surface area (Å²) < 4.78 is 20.9. The highest BCUT2D eigenvalue weighted by Crippen LogP contribution is 2.19. The third kappa shape index (κ3) is 3.60. The standard InChI is InChI=1S/C18H17FN4O/c1-13-11-23(18(20)22-13)21-10-14-6-3-5-9-17(14)24-12-15-7-2-4-8-16(15)19/h2-11H,12H2,1H3,(H2,20,22). The Kier molecular flexibility index (Phi) is 4.56. The Hall–Kier alpha value is -3.15. The highest BCUT2D eigenvalue weighted by atomic mass is 19.1. The average Bonchev–Trinajstić information content (AvgIpc) is 2.90. The van der Waals surface area contributed by atoms with Gasteiger partial charge in [0.05, 0.1) is 18.1 Å². The largest absolute Gasteiger partial charge is 0.488 e. The lowest BCUT2D eigenvalue weighted by Gasteiger charge is -2.09. The zero-order valence-electron chi connectivity index (χ0n) is 13.2. The quantitative estimate of drug-likeness (QED) is 0.732. The molecule has 3 aromatic rings. The molecular formula is C18H17FN4O. The molecule has 0 unspecified atom stereocenters. The van der Waals surface area contributed by atoms with E-state index in [1.54, 1.807) is 30.6 Å². The van der Waals surface area contributed by atoms with Crippen LogP contribution in [0.4, 0.5) is 10.3 Å². The van der Waals surface area contributed by atoms with Gasteiger partial charge in [-0.25, -0.2) is 14.1 Å². The van der Waals surface area contributed by atoms with Gasteiger partial charge in [-0.05, 0) is 25.1 Å². The molecule has 1 heterocycles. The number of nitrogens with two attached hydrogens (primary N) is 1. The van der Waals surface area contributed by atoms with Gasteiger partial charge >= 0.3 is 0 Å². The molecule has 2 aromatic carbocycles. The number of aryl methyl sites for hydroxylation is 1. The number of imidazole rings is 1. The van der Waals surface area contributed by atoms with Crippen LogP contribution in [0, 0.1) is 12.7 Å². The summed E-state index contributed by atoms with van der Waals surface area (Å²) in [5, 5.41) is 4.28. The molecular weight excluding hydrogens is 307 g/mol. The van der Waals surface area contributed by atoms with Crippen LogP contribution in [0.1, 0.15) is 16.8 Å². The van der Waals surface area contributed by atoms with Crippen molar-refractivity contribution in [3.05, 3.63) is 77.4 Å². The maximum absolute atomic E-state index is 13.7. The van der Waals surface area contributed by atoms with Gasteiger partial charge in [0.15, 0.2) is 0 Å². The fraction of sp³-hybridized carbons (Fsp3) is 0.111. The lowest BCUT2D eigenvalue weighted by molar-refractivity contribution is 0.299. The molecule has 0 aliphatic rings. The molecule has 0 saturated heterocycles. The fourth-order valence-electron chi connectivity index (χ4n) is 2.21. The summed E-state index contributed by atoms with van der Waals surface area (Å²) in [6.07, 6.45) is 3.36. The number of aromatic nitrogens is 2. The van der Waals surface area contributed by atoms with E-state index in [1.165, 1.54) is 10.7 Å². The van der Waals surface area contributed by atoms with E-state index in [2.05, 4.69) is 10.1 Å². The highest BCUT2D eigenvalue weighted by Gasteiger charge is 2.05. The van der Waals surface area contributed by atoms with Gasteiger partial charge in [0.2, 0.25) is 5.95 Å². The van der Waals surface area contributed by atoms with E-state index in [0.29, 0.717) is 17.3 Å². The summed E-state index contributed by atoms with van der Waals surface area (Å²) in [4.78, 5) is 4.09. The molecule has 0 amide bonds. The van der Waals surface area contributed by atoms with Gasteiger partial charge in [0.25, 0.3) is 0 Å². The second-order valence-electron chi connectivity index (χ2n) is 5.25.